The third kappa shape index (κ3) is 4.44. The topological polar surface area (TPSA) is 92.1 Å². The fourth-order valence-electron chi connectivity index (χ4n) is 3.93. The molecule has 2 heterocycles. The van der Waals surface area contributed by atoms with Crippen molar-refractivity contribution in [2.45, 2.75) is 50.7 Å². The lowest BCUT2D eigenvalue weighted by Crippen LogP contribution is -2.52. The summed E-state index contributed by atoms with van der Waals surface area (Å²) in [6.07, 6.45) is 3.08. The quantitative estimate of drug-likeness (QED) is 0.581. The molecule has 1 fully saturated rings. The van der Waals surface area contributed by atoms with Crippen molar-refractivity contribution >= 4 is 34.1 Å². The van der Waals surface area contributed by atoms with Crippen LogP contribution in [0.25, 0.3) is 21.5 Å². The second-order valence-corrected chi connectivity index (χ2v) is 8.79. The van der Waals surface area contributed by atoms with Crippen LogP contribution < -0.4 is 5.32 Å². The molecule has 6 nitrogen and oxygen atoms in total. The number of hydrogen-bond acceptors (Lipinski definition) is 6. The number of pyridine rings is 1. The van der Waals surface area contributed by atoms with Gasteiger partial charge in [0.25, 0.3) is 5.91 Å². The molecular weight excluding hydrogens is 410 g/mol. The van der Waals surface area contributed by atoms with Crippen LogP contribution >= 0.6 is 11.3 Å². The summed E-state index contributed by atoms with van der Waals surface area (Å²) >= 11 is 1.54. The largest absolute Gasteiger partial charge is 0.449 e. The average molecular weight is 434 g/mol. The lowest BCUT2D eigenvalue weighted by molar-refractivity contribution is -0.130. The standard InChI is InChI=1S/C24H23N3O3S/c1-16(22(28)27-24(15-25)11-5-2-6-12-24)30-23(29)18-14-20(21-10-7-13-31-21)26-19-9-4-3-8-17(18)19/h3-4,7-10,13-14,16H,2,5-6,11-12H2,1H3,(H,27,28). The minimum absolute atomic E-state index is 0.362. The van der Waals surface area contributed by atoms with E-state index in [1.54, 1.807) is 6.07 Å². The van der Waals surface area contributed by atoms with Gasteiger partial charge in [0.2, 0.25) is 0 Å². The van der Waals surface area contributed by atoms with Crippen LogP contribution in [0.2, 0.25) is 0 Å². The molecule has 0 saturated heterocycles. The molecule has 0 radical (unpaired) electrons. The van der Waals surface area contributed by atoms with Gasteiger partial charge in [0.05, 0.1) is 27.7 Å². The maximum Gasteiger partial charge on any atom is 0.339 e. The van der Waals surface area contributed by atoms with E-state index in [1.165, 1.54) is 18.3 Å². The zero-order chi connectivity index (χ0) is 21.8. The molecule has 1 aliphatic carbocycles. The molecular formula is C24H23N3O3S. The van der Waals surface area contributed by atoms with E-state index in [0.717, 1.165) is 24.1 Å². The number of rotatable bonds is 5. The summed E-state index contributed by atoms with van der Waals surface area (Å²) in [5.74, 6) is -1.04. The van der Waals surface area contributed by atoms with Gasteiger partial charge in [-0.3, -0.25) is 4.79 Å². The highest BCUT2D eigenvalue weighted by molar-refractivity contribution is 7.13. The normalized spacial score (nSPS) is 16.3. The van der Waals surface area contributed by atoms with Crippen LogP contribution in [0, 0.1) is 11.3 Å². The Balaban J connectivity index is 1.56. The fourth-order valence-corrected chi connectivity index (χ4v) is 4.62. The van der Waals surface area contributed by atoms with Crippen molar-refractivity contribution in [3.63, 3.8) is 0 Å². The minimum atomic E-state index is -1.02. The molecule has 1 aromatic carbocycles. The second kappa shape index (κ2) is 8.86. The van der Waals surface area contributed by atoms with Crippen LogP contribution in [-0.4, -0.2) is 28.5 Å². The molecule has 2 aromatic heterocycles. The Morgan fingerprint density at radius 2 is 1.97 bits per heavy atom. The highest BCUT2D eigenvalue weighted by atomic mass is 32.1. The maximum atomic E-state index is 13.0. The Morgan fingerprint density at radius 3 is 2.68 bits per heavy atom. The summed E-state index contributed by atoms with van der Waals surface area (Å²) in [5, 5.41) is 15.0. The van der Waals surface area contributed by atoms with E-state index in [9.17, 15) is 14.9 Å². The first-order chi connectivity index (χ1) is 15.0. The number of hydrogen-bond donors (Lipinski definition) is 1. The smallest absolute Gasteiger partial charge is 0.339 e. The Hall–Kier alpha value is -3.24. The zero-order valence-corrected chi connectivity index (χ0v) is 18.1. The molecule has 0 aliphatic heterocycles. The third-order valence-electron chi connectivity index (χ3n) is 5.65. The molecule has 1 amide bonds. The Labute approximate surface area is 184 Å². The first kappa shape index (κ1) is 21.0. The number of aromatic nitrogens is 1. The molecule has 158 valence electrons. The van der Waals surface area contributed by atoms with Gasteiger partial charge >= 0.3 is 5.97 Å². The molecule has 1 N–H and O–H groups in total. The molecule has 0 spiro atoms. The van der Waals surface area contributed by atoms with Crippen molar-refractivity contribution in [1.82, 2.24) is 10.3 Å². The average Bonchev–Trinajstić information content (AvgIpc) is 3.34. The van der Waals surface area contributed by atoms with Crippen molar-refractivity contribution in [1.29, 1.82) is 5.26 Å². The van der Waals surface area contributed by atoms with E-state index in [-0.39, 0.29) is 0 Å². The summed E-state index contributed by atoms with van der Waals surface area (Å²) in [6, 6.07) is 15.2. The van der Waals surface area contributed by atoms with Crippen LogP contribution in [0.15, 0.2) is 47.8 Å². The van der Waals surface area contributed by atoms with Crippen LogP contribution in [0.1, 0.15) is 49.4 Å². The van der Waals surface area contributed by atoms with E-state index in [0.29, 0.717) is 35.0 Å². The third-order valence-corrected chi connectivity index (χ3v) is 6.54. The fraction of sp³-hybridized carbons (Fsp3) is 0.333. The van der Waals surface area contributed by atoms with Crippen molar-refractivity contribution in [2.75, 3.05) is 0 Å². The van der Waals surface area contributed by atoms with Crippen LogP contribution in [0.3, 0.4) is 0 Å². The van der Waals surface area contributed by atoms with Crippen molar-refractivity contribution in [3.8, 4) is 16.6 Å². The Bertz CT molecular complexity index is 1140. The summed E-state index contributed by atoms with van der Waals surface area (Å²) in [7, 11) is 0. The molecule has 4 rings (SSSR count). The highest BCUT2D eigenvalue weighted by Crippen LogP contribution is 2.29. The Kier molecular flexibility index (Phi) is 6.01. The van der Waals surface area contributed by atoms with Gasteiger partial charge in [-0.05, 0) is 43.3 Å². The SMILES string of the molecule is CC(OC(=O)c1cc(-c2cccs2)nc2ccccc12)C(=O)NC1(C#N)CCCCC1. The number of ether oxygens (including phenoxy) is 1. The summed E-state index contributed by atoms with van der Waals surface area (Å²) in [6.45, 7) is 1.53. The van der Waals surface area contributed by atoms with Crippen LogP contribution in [-0.2, 0) is 9.53 Å². The maximum absolute atomic E-state index is 13.0. The predicted molar refractivity (Wildman–Crippen MR) is 120 cm³/mol. The van der Waals surface area contributed by atoms with E-state index >= 15 is 0 Å². The van der Waals surface area contributed by atoms with E-state index in [1.807, 2.05) is 41.8 Å². The number of benzene rings is 1. The lowest BCUT2D eigenvalue weighted by Gasteiger charge is -2.32. The number of amides is 1. The van der Waals surface area contributed by atoms with Gasteiger partial charge in [-0.15, -0.1) is 11.3 Å². The highest BCUT2D eigenvalue weighted by Gasteiger charge is 2.35. The number of carbonyl (C=O) groups excluding carboxylic acids is 2. The van der Waals surface area contributed by atoms with E-state index in [4.69, 9.17) is 4.74 Å². The first-order valence-electron chi connectivity index (χ1n) is 10.4. The second-order valence-electron chi connectivity index (χ2n) is 7.84. The van der Waals surface area contributed by atoms with Crippen LogP contribution in [0.4, 0.5) is 0 Å². The molecule has 1 saturated carbocycles. The summed E-state index contributed by atoms with van der Waals surface area (Å²) < 4.78 is 5.52. The number of nitriles is 1. The van der Waals surface area contributed by atoms with Gasteiger partial charge < -0.3 is 10.1 Å². The van der Waals surface area contributed by atoms with Crippen molar-refractivity contribution in [3.05, 3.63) is 53.4 Å². The van der Waals surface area contributed by atoms with Gasteiger partial charge in [0, 0.05) is 5.39 Å². The monoisotopic (exact) mass is 433 g/mol. The van der Waals surface area contributed by atoms with Gasteiger partial charge in [0.1, 0.15) is 5.54 Å². The van der Waals surface area contributed by atoms with Gasteiger partial charge in [-0.2, -0.15) is 5.26 Å². The van der Waals surface area contributed by atoms with E-state index < -0.39 is 23.5 Å². The van der Waals surface area contributed by atoms with E-state index in [2.05, 4.69) is 16.4 Å². The molecule has 1 aliphatic rings. The van der Waals surface area contributed by atoms with Gasteiger partial charge in [0.15, 0.2) is 6.10 Å². The molecule has 1 atom stereocenters. The first-order valence-corrected chi connectivity index (χ1v) is 11.3. The molecule has 3 aromatic rings. The summed E-state index contributed by atoms with van der Waals surface area (Å²) in [5.41, 5.74) is 0.860. The van der Waals surface area contributed by atoms with Gasteiger partial charge in [-0.25, -0.2) is 9.78 Å². The lowest BCUT2D eigenvalue weighted by atomic mass is 9.83. The zero-order valence-electron chi connectivity index (χ0n) is 17.3. The van der Waals surface area contributed by atoms with Crippen LogP contribution in [0.5, 0.6) is 0 Å². The molecule has 0 bridgehead atoms. The summed E-state index contributed by atoms with van der Waals surface area (Å²) in [4.78, 5) is 31.4. The molecule has 7 heteroatoms. The number of esters is 1. The number of para-hydroxylation sites is 1. The number of carbonyl (C=O) groups is 2. The van der Waals surface area contributed by atoms with Gasteiger partial charge in [-0.1, -0.05) is 43.5 Å². The van der Waals surface area contributed by atoms with Crippen molar-refractivity contribution in [2.24, 2.45) is 0 Å². The number of nitrogens with zero attached hydrogens (tertiary/aromatic N) is 2. The molecule has 1 unspecified atom stereocenters. The number of fused-ring (bicyclic) bond motifs is 1. The number of thiophene rings is 1. The molecule has 31 heavy (non-hydrogen) atoms. The number of nitrogens with one attached hydrogen (secondary N) is 1. The predicted octanol–water partition coefficient (Wildman–Crippen LogP) is 4.85. The Morgan fingerprint density at radius 1 is 1.19 bits per heavy atom. The van der Waals surface area contributed by atoms with Crippen molar-refractivity contribution < 1.29 is 14.3 Å². The minimum Gasteiger partial charge on any atom is -0.449 e.